The third-order valence-electron chi connectivity index (χ3n) is 3.94. The Labute approximate surface area is 158 Å². The van der Waals surface area contributed by atoms with Crippen LogP contribution in [0.3, 0.4) is 0 Å². The number of aromatic nitrogens is 1. The molecule has 0 atom stereocenters. The molecule has 1 aromatic heterocycles. The zero-order valence-corrected chi connectivity index (χ0v) is 16.1. The van der Waals surface area contributed by atoms with Crippen molar-refractivity contribution in [3.05, 3.63) is 33.9 Å². The Morgan fingerprint density at radius 1 is 1.44 bits per heavy atom. The number of carbonyl (C=O) groups is 2. The summed E-state index contributed by atoms with van der Waals surface area (Å²) in [5.41, 5.74) is 6.49. The molecule has 1 aliphatic rings. The van der Waals surface area contributed by atoms with Crippen LogP contribution in [0.1, 0.15) is 23.3 Å². The monoisotopic (exact) mass is 423 g/mol. The van der Waals surface area contributed by atoms with E-state index in [1.54, 1.807) is 7.11 Å². The van der Waals surface area contributed by atoms with Crippen LogP contribution < -0.4 is 10.5 Å². The maximum Gasteiger partial charge on any atom is 0.274 e. The third-order valence-corrected chi connectivity index (χ3v) is 5.50. The summed E-state index contributed by atoms with van der Waals surface area (Å²) in [5.74, 6) is 0.356. The highest BCUT2D eigenvalue weighted by Gasteiger charge is 2.30. The van der Waals surface area contributed by atoms with Gasteiger partial charge in [-0.15, -0.1) is 11.3 Å². The fourth-order valence-electron chi connectivity index (χ4n) is 2.57. The number of carbonyl (C=O) groups excluding carboxylic acids is 2. The van der Waals surface area contributed by atoms with Crippen molar-refractivity contribution in [2.45, 2.75) is 12.8 Å². The lowest BCUT2D eigenvalue weighted by Crippen LogP contribution is -2.40. The topological polar surface area (TPSA) is 85.5 Å². The van der Waals surface area contributed by atoms with Crippen molar-refractivity contribution in [3.63, 3.8) is 0 Å². The molecule has 25 heavy (non-hydrogen) atoms. The maximum absolute atomic E-state index is 13.0. The number of primary amides is 1. The molecule has 2 N–H and O–H groups in total. The van der Waals surface area contributed by atoms with Gasteiger partial charge in [-0.2, -0.15) is 0 Å². The minimum absolute atomic E-state index is 0.0952. The van der Waals surface area contributed by atoms with Gasteiger partial charge in [0.2, 0.25) is 5.91 Å². The van der Waals surface area contributed by atoms with Gasteiger partial charge in [-0.1, -0.05) is 12.1 Å². The van der Waals surface area contributed by atoms with Gasteiger partial charge in [0, 0.05) is 6.54 Å². The molecular formula is C17H18BrN3O3S. The molecule has 1 aromatic carbocycles. The van der Waals surface area contributed by atoms with E-state index in [0.29, 0.717) is 27.8 Å². The fraction of sp³-hybridized carbons (Fsp3) is 0.353. The van der Waals surface area contributed by atoms with Crippen molar-refractivity contribution in [3.8, 4) is 16.2 Å². The van der Waals surface area contributed by atoms with E-state index in [0.717, 1.165) is 23.3 Å². The van der Waals surface area contributed by atoms with Crippen molar-refractivity contribution in [1.82, 2.24) is 9.88 Å². The molecule has 0 bridgehead atoms. The van der Waals surface area contributed by atoms with Crippen LogP contribution in [-0.4, -0.2) is 41.9 Å². The van der Waals surface area contributed by atoms with Crippen LogP contribution in [-0.2, 0) is 4.79 Å². The number of hydrogen-bond donors (Lipinski definition) is 1. The number of rotatable bonds is 7. The quantitative estimate of drug-likeness (QED) is 0.741. The zero-order valence-electron chi connectivity index (χ0n) is 13.7. The van der Waals surface area contributed by atoms with E-state index in [1.807, 2.05) is 24.3 Å². The molecule has 0 unspecified atom stereocenters. The average molecular weight is 424 g/mol. The molecule has 2 aromatic rings. The molecule has 1 heterocycles. The second-order valence-corrected chi connectivity index (χ2v) is 8.25. The van der Waals surface area contributed by atoms with Crippen LogP contribution in [0.2, 0.25) is 0 Å². The fourth-order valence-corrected chi connectivity index (χ4v) is 4.01. The molecule has 1 aliphatic carbocycles. The highest BCUT2D eigenvalue weighted by Crippen LogP contribution is 2.36. The van der Waals surface area contributed by atoms with Gasteiger partial charge in [0.1, 0.15) is 11.4 Å². The summed E-state index contributed by atoms with van der Waals surface area (Å²) in [4.78, 5) is 31.0. The minimum atomic E-state index is -0.522. The first kappa shape index (κ1) is 17.9. The number of methoxy groups -OCH3 is 1. The Balaban J connectivity index is 1.94. The molecule has 0 aliphatic heterocycles. The Bertz CT molecular complexity index is 804. The van der Waals surface area contributed by atoms with E-state index in [-0.39, 0.29) is 12.5 Å². The lowest BCUT2D eigenvalue weighted by molar-refractivity contribution is -0.118. The number of nitrogens with zero attached hydrogens (tertiary/aromatic N) is 2. The standard InChI is InChI=1S/C17H18BrN3O3S/c1-24-12-4-2-3-11(7-12)15-14(20-17(18)25-15)16(23)21(9-13(19)22)8-10-5-6-10/h2-4,7,10H,5-6,8-9H2,1H3,(H2,19,22). The highest BCUT2D eigenvalue weighted by molar-refractivity contribution is 9.11. The van der Waals surface area contributed by atoms with E-state index in [1.165, 1.54) is 16.2 Å². The Kier molecular flexibility index (Phi) is 5.39. The van der Waals surface area contributed by atoms with Crippen molar-refractivity contribution in [2.75, 3.05) is 20.2 Å². The van der Waals surface area contributed by atoms with Crippen molar-refractivity contribution in [1.29, 1.82) is 0 Å². The largest absolute Gasteiger partial charge is 0.497 e. The Morgan fingerprint density at radius 2 is 2.20 bits per heavy atom. The highest BCUT2D eigenvalue weighted by atomic mass is 79.9. The molecule has 132 valence electrons. The first-order valence-electron chi connectivity index (χ1n) is 7.86. The maximum atomic E-state index is 13.0. The van der Waals surface area contributed by atoms with Gasteiger partial charge >= 0.3 is 0 Å². The number of nitrogens with two attached hydrogens (primary N) is 1. The zero-order chi connectivity index (χ0) is 18.0. The molecule has 1 fully saturated rings. The summed E-state index contributed by atoms with van der Waals surface area (Å²) < 4.78 is 5.87. The van der Waals surface area contributed by atoms with Gasteiger partial charge in [-0.25, -0.2) is 4.98 Å². The van der Waals surface area contributed by atoms with Crippen molar-refractivity contribution in [2.24, 2.45) is 11.7 Å². The molecule has 8 heteroatoms. The lowest BCUT2D eigenvalue weighted by atomic mass is 10.1. The van der Waals surface area contributed by atoms with E-state index in [9.17, 15) is 9.59 Å². The summed E-state index contributed by atoms with van der Waals surface area (Å²) in [6.45, 7) is 0.441. The van der Waals surface area contributed by atoms with Crippen LogP contribution >= 0.6 is 27.3 Å². The second kappa shape index (κ2) is 7.53. The molecule has 0 saturated heterocycles. The number of benzene rings is 1. The van der Waals surface area contributed by atoms with Crippen LogP contribution in [0.5, 0.6) is 5.75 Å². The van der Waals surface area contributed by atoms with Crippen molar-refractivity contribution >= 4 is 39.1 Å². The minimum Gasteiger partial charge on any atom is -0.497 e. The Morgan fingerprint density at radius 3 is 2.84 bits per heavy atom. The predicted molar refractivity (Wildman–Crippen MR) is 99.6 cm³/mol. The summed E-state index contributed by atoms with van der Waals surface area (Å²) in [7, 11) is 1.60. The van der Waals surface area contributed by atoms with Gasteiger partial charge in [-0.3, -0.25) is 9.59 Å². The van der Waals surface area contributed by atoms with Gasteiger partial charge < -0.3 is 15.4 Å². The first-order valence-corrected chi connectivity index (χ1v) is 9.47. The molecule has 0 spiro atoms. The van der Waals surface area contributed by atoms with E-state index in [2.05, 4.69) is 20.9 Å². The Hall–Kier alpha value is -1.93. The molecule has 6 nitrogen and oxygen atoms in total. The van der Waals surface area contributed by atoms with E-state index in [4.69, 9.17) is 10.5 Å². The van der Waals surface area contributed by atoms with Crippen LogP contribution in [0.4, 0.5) is 0 Å². The SMILES string of the molecule is COc1cccc(-c2sc(Br)nc2C(=O)N(CC(N)=O)CC2CC2)c1. The summed E-state index contributed by atoms with van der Waals surface area (Å²) in [6, 6.07) is 7.46. The third kappa shape index (κ3) is 4.38. The molecular weight excluding hydrogens is 406 g/mol. The average Bonchev–Trinajstić information content (AvgIpc) is 3.32. The predicted octanol–water partition coefficient (Wildman–Crippen LogP) is 2.92. The van der Waals surface area contributed by atoms with Gasteiger partial charge in [0.25, 0.3) is 5.91 Å². The normalized spacial score (nSPS) is 13.5. The van der Waals surface area contributed by atoms with Crippen LogP contribution in [0, 0.1) is 5.92 Å². The van der Waals surface area contributed by atoms with E-state index >= 15 is 0 Å². The second-order valence-electron chi connectivity index (χ2n) is 5.97. The lowest BCUT2D eigenvalue weighted by Gasteiger charge is -2.20. The number of thiazole rings is 1. The van der Waals surface area contributed by atoms with Crippen LogP contribution in [0.25, 0.3) is 10.4 Å². The molecule has 0 radical (unpaired) electrons. The number of ether oxygens (including phenoxy) is 1. The summed E-state index contributed by atoms with van der Waals surface area (Å²) >= 11 is 4.73. The number of halogens is 1. The van der Waals surface area contributed by atoms with Crippen molar-refractivity contribution < 1.29 is 14.3 Å². The first-order chi connectivity index (χ1) is 12.0. The molecule has 3 rings (SSSR count). The van der Waals surface area contributed by atoms with Crippen LogP contribution in [0.15, 0.2) is 28.2 Å². The van der Waals surface area contributed by atoms with Gasteiger partial charge in [0.05, 0.1) is 18.5 Å². The number of hydrogen-bond acceptors (Lipinski definition) is 5. The van der Waals surface area contributed by atoms with Gasteiger partial charge in [-0.05, 0) is 52.4 Å². The smallest absolute Gasteiger partial charge is 0.274 e. The molecule has 1 saturated carbocycles. The summed E-state index contributed by atoms with van der Waals surface area (Å²) in [6.07, 6.45) is 2.15. The summed E-state index contributed by atoms with van der Waals surface area (Å²) in [5, 5.41) is 0. The van der Waals surface area contributed by atoms with Gasteiger partial charge in [0.15, 0.2) is 3.92 Å². The van der Waals surface area contributed by atoms with E-state index < -0.39 is 5.91 Å². The molecule has 2 amide bonds. The number of amides is 2.